The van der Waals surface area contributed by atoms with Gasteiger partial charge in [0.1, 0.15) is 0 Å². The van der Waals surface area contributed by atoms with Crippen LogP contribution >= 0.6 is 11.8 Å². The van der Waals surface area contributed by atoms with Crippen molar-refractivity contribution < 1.29 is 33.3 Å². The van der Waals surface area contributed by atoms with Crippen LogP contribution in [0.4, 0.5) is 14.5 Å². The number of thioether (sulfide) groups is 1. The van der Waals surface area contributed by atoms with Gasteiger partial charge in [-0.25, -0.2) is 23.4 Å². The molecule has 39 heavy (non-hydrogen) atoms. The van der Waals surface area contributed by atoms with Gasteiger partial charge in [0.25, 0.3) is 0 Å². The molecule has 2 aliphatic heterocycles. The standard InChI is InChI=1S/C24H29F2N3OS.C4H4O4/c25-21-7-6-18(16-22(21)26)10-15-30-14-3-11-29-12-8-20(9-13-29)27-24-28-23-5-2-1-4-19(23)17-31-24;5-3(6)1-2-4(7)8/h1-2,4-7,16,20H,3,8-15,17H2,(H,27,28);1-2H,(H,5,6)(H,7,8)/b;2-1+. The van der Waals surface area contributed by atoms with E-state index in [1.165, 1.54) is 17.7 Å². The van der Waals surface area contributed by atoms with Crippen LogP contribution < -0.4 is 5.32 Å². The Morgan fingerprint density at radius 1 is 1.05 bits per heavy atom. The zero-order valence-electron chi connectivity index (χ0n) is 21.5. The van der Waals surface area contributed by atoms with E-state index in [1.807, 2.05) is 6.07 Å². The molecule has 8 nitrogen and oxygen atoms in total. The van der Waals surface area contributed by atoms with Crippen LogP contribution in [0.15, 0.2) is 59.6 Å². The van der Waals surface area contributed by atoms with E-state index in [1.54, 1.807) is 17.8 Å². The number of hydrogen-bond acceptors (Lipinski definition) is 7. The van der Waals surface area contributed by atoms with Crippen LogP contribution in [0, 0.1) is 11.6 Å². The van der Waals surface area contributed by atoms with Gasteiger partial charge in [0.15, 0.2) is 16.8 Å². The molecule has 0 aromatic heterocycles. The molecule has 0 unspecified atom stereocenters. The van der Waals surface area contributed by atoms with Crippen molar-refractivity contribution in [1.82, 2.24) is 10.2 Å². The van der Waals surface area contributed by atoms with E-state index in [0.717, 1.165) is 61.1 Å². The summed E-state index contributed by atoms with van der Waals surface area (Å²) in [6.45, 7) is 4.41. The first-order valence-electron chi connectivity index (χ1n) is 12.7. The van der Waals surface area contributed by atoms with Crippen LogP contribution in [0.3, 0.4) is 0 Å². The minimum Gasteiger partial charge on any atom is -0.478 e. The molecule has 1 saturated heterocycles. The predicted molar refractivity (Wildman–Crippen MR) is 147 cm³/mol. The van der Waals surface area contributed by atoms with Gasteiger partial charge in [0, 0.05) is 50.2 Å². The summed E-state index contributed by atoms with van der Waals surface area (Å²) in [5.41, 5.74) is 3.16. The van der Waals surface area contributed by atoms with E-state index in [-0.39, 0.29) is 0 Å². The van der Waals surface area contributed by atoms with E-state index in [2.05, 4.69) is 28.4 Å². The molecular weight excluding hydrogens is 528 g/mol. The van der Waals surface area contributed by atoms with E-state index in [9.17, 15) is 18.4 Å². The molecule has 0 atom stereocenters. The molecule has 3 N–H and O–H groups in total. The zero-order chi connectivity index (χ0) is 28.0. The Morgan fingerprint density at radius 2 is 1.77 bits per heavy atom. The molecule has 11 heteroatoms. The summed E-state index contributed by atoms with van der Waals surface area (Å²) in [5, 5.41) is 20.3. The first-order chi connectivity index (χ1) is 18.8. The average molecular weight is 562 g/mol. The van der Waals surface area contributed by atoms with Gasteiger partial charge < -0.3 is 25.2 Å². The lowest BCUT2D eigenvalue weighted by atomic mass is 10.1. The number of para-hydroxylation sites is 1. The van der Waals surface area contributed by atoms with Gasteiger partial charge in [-0.15, -0.1) is 0 Å². The van der Waals surface area contributed by atoms with Crippen molar-refractivity contribution in [3.8, 4) is 0 Å². The molecule has 0 radical (unpaired) electrons. The fourth-order valence-corrected chi connectivity index (χ4v) is 5.05. The molecular formula is C28H33F2N3O5S. The van der Waals surface area contributed by atoms with E-state index in [0.29, 0.717) is 37.8 Å². The number of nitrogens with zero attached hydrogens (tertiary/aromatic N) is 2. The number of carboxylic acid groups (broad SMARTS) is 2. The summed E-state index contributed by atoms with van der Waals surface area (Å²) >= 11 is 1.79. The Kier molecular flexibility index (Phi) is 12.4. The number of carbonyl (C=O) groups is 2. The van der Waals surface area contributed by atoms with Crippen molar-refractivity contribution in [3.63, 3.8) is 0 Å². The normalized spacial score (nSPS) is 15.7. The number of hydrogen-bond donors (Lipinski definition) is 3. The van der Waals surface area contributed by atoms with Crippen molar-refractivity contribution in [2.24, 2.45) is 4.99 Å². The van der Waals surface area contributed by atoms with Gasteiger partial charge in [-0.3, -0.25) is 0 Å². The molecule has 2 heterocycles. The second-order valence-corrected chi connectivity index (χ2v) is 10.0. The summed E-state index contributed by atoms with van der Waals surface area (Å²) < 4.78 is 31.8. The van der Waals surface area contributed by atoms with Gasteiger partial charge in [0.2, 0.25) is 0 Å². The number of ether oxygens (including phenoxy) is 1. The number of nitrogens with one attached hydrogen (secondary N) is 1. The molecule has 210 valence electrons. The fourth-order valence-electron chi connectivity index (χ4n) is 4.10. The van der Waals surface area contributed by atoms with Gasteiger partial charge in [-0.1, -0.05) is 36.0 Å². The second kappa shape index (κ2) is 16.0. The number of aliphatic carboxylic acids is 2. The lowest BCUT2D eigenvalue weighted by Gasteiger charge is -2.33. The van der Waals surface area contributed by atoms with E-state index in [4.69, 9.17) is 19.9 Å². The molecule has 0 amide bonds. The maximum Gasteiger partial charge on any atom is 0.328 e. The predicted octanol–water partition coefficient (Wildman–Crippen LogP) is 4.61. The van der Waals surface area contributed by atoms with Crippen LogP contribution in [-0.2, 0) is 26.5 Å². The van der Waals surface area contributed by atoms with Crippen LogP contribution in [0.25, 0.3) is 0 Å². The minimum absolute atomic E-state index is 0.486. The zero-order valence-corrected chi connectivity index (χ0v) is 22.3. The Labute approximate surface area is 230 Å². The van der Waals surface area contributed by atoms with Crippen molar-refractivity contribution in [3.05, 3.63) is 77.4 Å². The highest BCUT2D eigenvalue weighted by molar-refractivity contribution is 8.13. The van der Waals surface area contributed by atoms with Crippen molar-refractivity contribution in [2.75, 3.05) is 32.8 Å². The molecule has 2 aliphatic rings. The molecule has 0 bridgehead atoms. The van der Waals surface area contributed by atoms with E-state index >= 15 is 0 Å². The largest absolute Gasteiger partial charge is 0.478 e. The number of benzene rings is 2. The Morgan fingerprint density at radius 3 is 2.46 bits per heavy atom. The molecule has 1 fully saturated rings. The number of fused-ring (bicyclic) bond motifs is 1. The molecule has 2 aromatic carbocycles. The maximum absolute atomic E-state index is 13.2. The van der Waals surface area contributed by atoms with Crippen LogP contribution in [0.5, 0.6) is 0 Å². The van der Waals surface area contributed by atoms with Gasteiger partial charge >= 0.3 is 11.9 Å². The highest BCUT2D eigenvalue weighted by Gasteiger charge is 2.21. The third-order valence-corrected chi connectivity index (χ3v) is 7.08. The first kappa shape index (κ1) is 30.3. The minimum atomic E-state index is -1.26. The van der Waals surface area contributed by atoms with Gasteiger partial charge in [0.05, 0.1) is 12.3 Å². The van der Waals surface area contributed by atoms with Crippen molar-refractivity contribution >= 4 is 34.6 Å². The Balaban J connectivity index is 0.000000459. The number of carboxylic acids is 2. The average Bonchev–Trinajstić information content (AvgIpc) is 2.92. The Hall–Kier alpha value is -3.28. The van der Waals surface area contributed by atoms with Crippen molar-refractivity contribution in [2.45, 2.75) is 37.5 Å². The quantitative estimate of drug-likeness (QED) is 0.285. The Bertz CT molecular complexity index is 1150. The number of rotatable bonds is 10. The first-order valence-corrected chi connectivity index (χ1v) is 13.7. The number of halogens is 2. The second-order valence-electron chi connectivity index (χ2n) is 9.07. The summed E-state index contributed by atoms with van der Waals surface area (Å²) in [7, 11) is 0. The number of amidine groups is 1. The third-order valence-electron chi connectivity index (χ3n) is 6.14. The maximum atomic E-state index is 13.2. The van der Waals surface area contributed by atoms with Crippen LogP contribution in [0.2, 0.25) is 0 Å². The summed E-state index contributed by atoms with van der Waals surface area (Å²) in [6.07, 6.45) is 4.94. The SMILES string of the molecule is Fc1ccc(CCOCCCN2CCC(NC3=Nc4ccccc4CS3)CC2)cc1F.O=C(O)/C=C/C(=O)O. The van der Waals surface area contributed by atoms with Crippen LogP contribution in [-0.4, -0.2) is 71.1 Å². The summed E-state index contributed by atoms with van der Waals surface area (Å²) in [6, 6.07) is 12.8. The monoisotopic (exact) mass is 561 g/mol. The smallest absolute Gasteiger partial charge is 0.328 e. The molecule has 0 aliphatic carbocycles. The van der Waals surface area contributed by atoms with Crippen molar-refractivity contribution in [1.29, 1.82) is 0 Å². The van der Waals surface area contributed by atoms with Gasteiger partial charge in [-0.2, -0.15) is 0 Å². The molecule has 4 rings (SSSR count). The van der Waals surface area contributed by atoms with Gasteiger partial charge in [-0.05, 0) is 55.0 Å². The van der Waals surface area contributed by atoms with Crippen LogP contribution in [0.1, 0.15) is 30.4 Å². The lowest BCUT2D eigenvalue weighted by Crippen LogP contribution is -2.44. The summed E-state index contributed by atoms with van der Waals surface area (Å²) in [4.78, 5) is 26.4. The lowest BCUT2D eigenvalue weighted by molar-refractivity contribution is -0.134. The van der Waals surface area contributed by atoms with E-state index < -0.39 is 23.6 Å². The topological polar surface area (TPSA) is 111 Å². The third kappa shape index (κ3) is 11.2. The molecule has 0 saturated carbocycles. The highest BCUT2D eigenvalue weighted by atomic mass is 32.2. The molecule has 2 aromatic rings. The molecule has 0 spiro atoms. The number of likely N-dealkylation sites (tertiary alicyclic amines) is 1. The summed E-state index contributed by atoms with van der Waals surface area (Å²) in [5.74, 6) is -3.13. The number of aliphatic imine (C=N–C) groups is 1. The number of piperidine rings is 1. The highest BCUT2D eigenvalue weighted by Crippen LogP contribution is 2.30. The fraction of sp³-hybridized carbons (Fsp3) is 0.393.